The van der Waals surface area contributed by atoms with Crippen LogP contribution in [0.2, 0.25) is 0 Å². The molecule has 212 valence electrons. The van der Waals surface area contributed by atoms with Gasteiger partial charge in [0.1, 0.15) is 12.0 Å². The third kappa shape index (κ3) is 5.81. The number of ether oxygens (including phenoxy) is 3. The fraction of sp³-hybridized carbons (Fsp3) is 0.571. The largest absolute Gasteiger partial charge is 0.493 e. The standard InChI is InChI=1S/C28H38N4O7/c1-16-7-5-6-8-21(16)32(19(15-33)11-17-9-10-29-27(17)35)23(34)14-30-28(36)20-12-18-13-22(37-2)25(38-3)26(39-4)24(18)31-20/h12-13,15-17,19,21,31H,5-11,14H2,1-4H3,(H,29,35)(H,30,36)/t16?,17-,19-,21?/m0/s1. The summed E-state index contributed by atoms with van der Waals surface area (Å²) in [5, 5.41) is 6.19. The molecule has 3 amide bonds. The number of aromatic nitrogens is 1. The van der Waals surface area contributed by atoms with Gasteiger partial charge in [-0.15, -0.1) is 0 Å². The van der Waals surface area contributed by atoms with Crippen LogP contribution >= 0.6 is 0 Å². The lowest BCUT2D eigenvalue weighted by Gasteiger charge is -2.42. The number of H-pyrrole nitrogens is 1. The molecule has 1 aliphatic carbocycles. The van der Waals surface area contributed by atoms with E-state index in [4.69, 9.17) is 14.2 Å². The number of nitrogens with one attached hydrogen (secondary N) is 3. The van der Waals surface area contributed by atoms with Gasteiger partial charge in [-0.05, 0) is 43.7 Å². The van der Waals surface area contributed by atoms with Gasteiger partial charge in [-0.3, -0.25) is 14.4 Å². The van der Waals surface area contributed by atoms with Crippen LogP contribution in [0, 0.1) is 11.8 Å². The van der Waals surface area contributed by atoms with Gasteiger partial charge < -0.3 is 39.5 Å². The number of aldehydes is 1. The van der Waals surface area contributed by atoms with Crippen molar-refractivity contribution in [1.29, 1.82) is 0 Å². The number of aromatic amines is 1. The van der Waals surface area contributed by atoms with Crippen molar-refractivity contribution >= 4 is 34.9 Å². The summed E-state index contributed by atoms with van der Waals surface area (Å²) in [7, 11) is 4.51. The molecule has 3 N–H and O–H groups in total. The van der Waals surface area contributed by atoms with Gasteiger partial charge in [0, 0.05) is 23.9 Å². The summed E-state index contributed by atoms with van der Waals surface area (Å²) in [5.74, 6) is 0.249. The Morgan fingerprint density at radius 2 is 1.85 bits per heavy atom. The Morgan fingerprint density at radius 3 is 2.46 bits per heavy atom. The van der Waals surface area contributed by atoms with E-state index in [0.29, 0.717) is 41.1 Å². The van der Waals surface area contributed by atoms with E-state index in [1.165, 1.54) is 21.3 Å². The van der Waals surface area contributed by atoms with Crippen molar-refractivity contribution in [3.63, 3.8) is 0 Å². The Morgan fingerprint density at radius 1 is 1.10 bits per heavy atom. The zero-order chi connectivity index (χ0) is 28.1. The molecule has 1 aromatic carbocycles. The number of hydrogen-bond donors (Lipinski definition) is 3. The van der Waals surface area contributed by atoms with Crippen LogP contribution in [0.5, 0.6) is 17.2 Å². The second-order valence-corrected chi connectivity index (χ2v) is 10.3. The Hall–Kier alpha value is -3.76. The molecule has 1 aromatic heterocycles. The van der Waals surface area contributed by atoms with Gasteiger partial charge in [0.15, 0.2) is 11.5 Å². The molecule has 0 radical (unpaired) electrons. The van der Waals surface area contributed by atoms with Crippen molar-refractivity contribution in [1.82, 2.24) is 20.5 Å². The van der Waals surface area contributed by atoms with Crippen molar-refractivity contribution in [3.8, 4) is 17.2 Å². The number of fused-ring (bicyclic) bond motifs is 1. The van der Waals surface area contributed by atoms with Gasteiger partial charge in [-0.2, -0.15) is 0 Å². The molecule has 2 aliphatic rings. The van der Waals surface area contributed by atoms with Crippen molar-refractivity contribution in [3.05, 3.63) is 17.8 Å². The van der Waals surface area contributed by atoms with Crippen molar-refractivity contribution in [2.75, 3.05) is 34.4 Å². The van der Waals surface area contributed by atoms with Gasteiger partial charge >= 0.3 is 0 Å². The van der Waals surface area contributed by atoms with Crippen molar-refractivity contribution < 1.29 is 33.4 Å². The van der Waals surface area contributed by atoms with Gasteiger partial charge in [0.05, 0.1) is 39.4 Å². The smallest absolute Gasteiger partial charge is 0.268 e. The van der Waals surface area contributed by atoms with E-state index in [1.54, 1.807) is 17.0 Å². The molecular weight excluding hydrogens is 504 g/mol. The number of carbonyl (C=O) groups is 4. The number of hydrogen-bond acceptors (Lipinski definition) is 7. The summed E-state index contributed by atoms with van der Waals surface area (Å²) in [6.07, 6.45) is 5.48. The summed E-state index contributed by atoms with van der Waals surface area (Å²) < 4.78 is 16.3. The van der Waals surface area contributed by atoms with E-state index < -0.39 is 11.9 Å². The topological polar surface area (TPSA) is 139 Å². The van der Waals surface area contributed by atoms with E-state index in [0.717, 1.165) is 32.0 Å². The minimum Gasteiger partial charge on any atom is -0.493 e. The molecule has 4 atom stereocenters. The fourth-order valence-electron chi connectivity index (χ4n) is 5.93. The predicted octanol–water partition coefficient (Wildman–Crippen LogP) is 2.42. The van der Waals surface area contributed by atoms with Crippen LogP contribution in [0.1, 0.15) is 55.9 Å². The lowest BCUT2D eigenvalue weighted by molar-refractivity contribution is -0.141. The third-order valence-electron chi connectivity index (χ3n) is 7.98. The number of amides is 3. The normalized spacial score (nSPS) is 21.6. The first-order chi connectivity index (χ1) is 18.8. The highest BCUT2D eigenvalue weighted by Crippen LogP contribution is 2.43. The SMILES string of the molecule is COc1cc2cc(C(=O)NCC(=O)N(C3CCCCC3C)[C@H](C=O)C[C@@H]3CCNC3=O)[nH]c2c(OC)c1OC. The van der Waals surface area contributed by atoms with Crippen LogP contribution in [-0.2, 0) is 14.4 Å². The summed E-state index contributed by atoms with van der Waals surface area (Å²) in [4.78, 5) is 55.9. The third-order valence-corrected chi connectivity index (χ3v) is 7.98. The predicted molar refractivity (Wildman–Crippen MR) is 144 cm³/mol. The average molecular weight is 543 g/mol. The van der Waals surface area contributed by atoms with Crippen molar-refractivity contribution in [2.45, 2.75) is 57.5 Å². The number of benzene rings is 1. The van der Waals surface area contributed by atoms with E-state index >= 15 is 0 Å². The lowest BCUT2D eigenvalue weighted by atomic mass is 9.83. The zero-order valence-corrected chi connectivity index (χ0v) is 23.0. The second-order valence-electron chi connectivity index (χ2n) is 10.3. The van der Waals surface area contributed by atoms with E-state index in [1.807, 2.05) is 0 Å². The number of methoxy groups -OCH3 is 3. The summed E-state index contributed by atoms with van der Waals surface area (Å²) >= 11 is 0. The fourth-order valence-corrected chi connectivity index (χ4v) is 5.93. The minimum absolute atomic E-state index is 0.0817. The first-order valence-corrected chi connectivity index (χ1v) is 13.5. The highest BCUT2D eigenvalue weighted by atomic mass is 16.5. The molecule has 2 unspecified atom stereocenters. The summed E-state index contributed by atoms with van der Waals surface area (Å²) in [6, 6.07) is 2.52. The van der Waals surface area contributed by atoms with E-state index in [2.05, 4.69) is 22.5 Å². The molecule has 1 saturated carbocycles. The molecule has 39 heavy (non-hydrogen) atoms. The first-order valence-electron chi connectivity index (χ1n) is 13.5. The van der Waals surface area contributed by atoms with Gasteiger partial charge in [-0.25, -0.2) is 0 Å². The maximum Gasteiger partial charge on any atom is 0.268 e. The van der Waals surface area contributed by atoms with Crippen LogP contribution in [0.15, 0.2) is 12.1 Å². The molecule has 2 aromatic rings. The molecule has 1 saturated heterocycles. The molecular formula is C28H38N4O7. The summed E-state index contributed by atoms with van der Waals surface area (Å²) in [6.45, 7) is 2.39. The molecule has 0 bridgehead atoms. The second kappa shape index (κ2) is 12.4. The van der Waals surface area contributed by atoms with Crippen LogP contribution in [0.3, 0.4) is 0 Å². The molecule has 0 spiro atoms. The number of nitrogens with zero attached hydrogens (tertiary/aromatic N) is 1. The Bertz CT molecular complexity index is 1230. The van der Waals surface area contributed by atoms with Gasteiger partial charge in [0.25, 0.3) is 5.91 Å². The molecule has 11 heteroatoms. The maximum absolute atomic E-state index is 13.6. The molecule has 11 nitrogen and oxygen atoms in total. The lowest BCUT2D eigenvalue weighted by Crippen LogP contribution is -2.55. The van der Waals surface area contributed by atoms with Crippen LogP contribution in [-0.4, -0.2) is 80.4 Å². The van der Waals surface area contributed by atoms with Crippen LogP contribution in [0.25, 0.3) is 10.9 Å². The number of rotatable bonds is 11. The number of carbonyl (C=O) groups excluding carboxylic acids is 4. The Kier molecular flexibility index (Phi) is 8.98. The molecule has 2 fully saturated rings. The highest BCUT2D eigenvalue weighted by Gasteiger charge is 2.38. The zero-order valence-electron chi connectivity index (χ0n) is 23.0. The van der Waals surface area contributed by atoms with Gasteiger partial charge in [-0.1, -0.05) is 19.8 Å². The average Bonchev–Trinajstić information content (AvgIpc) is 3.56. The van der Waals surface area contributed by atoms with E-state index in [9.17, 15) is 19.2 Å². The summed E-state index contributed by atoms with van der Waals surface area (Å²) in [5.41, 5.74) is 0.790. The monoisotopic (exact) mass is 542 g/mol. The van der Waals surface area contributed by atoms with E-state index in [-0.39, 0.29) is 48.4 Å². The maximum atomic E-state index is 13.6. The Balaban J connectivity index is 1.53. The quantitative estimate of drug-likeness (QED) is 0.371. The van der Waals surface area contributed by atoms with Crippen LogP contribution in [0.4, 0.5) is 0 Å². The minimum atomic E-state index is -0.730. The molecule has 4 rings (SSSR count). The van der Waals surface area contributed by atoms with Gasteiger partial charge in [0.2, 0.25) is 17.6 Å². The van der Waals surface area contributed by atoms with Crippen LogP contribution < -0.4 is 24.8 Å². The highest BCUT2D eigenvalue weighted by molar-refractivity contribution is 6.02. The molecule has 2 heterocycles. The Labute approximate surface area is 227 Å². The molecule has 1 aliphatic heterocycles. The first kappa shape index (κ1) is 28.3. The van der Waals surface area contributed by atoms with Crippen molar-refractivity contribution in [2.24, 2.45) is 11.8 Å².